The van der Waals surface area contributed by atoms with Crippen LogP contribution >= 0.6 is 0 Å². The summed E-state index contributed by atoms with van der Waals surface area (Å²) in [6.45, 7) is 0.417. The second-order valence-corrected chi connectivity index (χ2v) is 7.61. The van der Waals surface area contributed by atoms with E-state index >= 15 is 0 Å². The maximum atomic E-state index is 12.7. The minimum absolute atomic E-state index is 0.142. The maximum Gasteiger partial charge on any atom is 0.243 e. The average molecular weight is 308 g/mol. The number of nitrogens with one attached hydrogen (secondary N) is 1. The fourth-order valence-electron chi connectivity index (χ4n) is 2.71. The monoisotopic (exact) mass is 308 g/mol. The molecule has 1 saturated carbocycles. The largest absolute Gasteiger partial charge is 0.352 e. The molecule has 1 aromatic carbocycles. The van der Waals surface area contributed by atoms with E-state index in [1.165, 1.54) is 4.31 Å². The molecule has 1 aliphatic heterocycles. The van der Waals surface area contributed by atoms with E-state index in [1.807, 2.05) is 0 Å². The Labute approximate surface area is 125 Å². The van der Waals surface area contributed by atoms with Gasteiger partial charge in [0.25, 0.3) is 0 Å². The van der Waals surface area contributed by atoms with E-state index in [0.29, 0.717) is 13.0 Å². The van der Waals surface area contributed by atoms with Crippen LogP contribution in [0.25, 0.3) is 0 Å². The van der Waals surface area contributed by atoms with Crippen molar-refractivity contribution in [3.63, 3.8) is 0 Å². The second-order valence-electron chi connectivity index (χ2n) is 5.72. The third kappa shape index (κ3) is 3.11. The normalized spacial score (nSPS) is 23.7. The highest BCUT2D eigenvalue weighted by molar-refractivity contribution is 7.89. The topological polar surface area (TPSA) is 66.5 Å². The zero-order valence-electron chi connectivity index (χ0n) is 11.9. The van der Waals surface area contributed by atoms with Crippen LogP contribution in [0.15, 0.2) is 35.2 Å². The van der Waals surface area contributed by atoms with Gasteiger partial charge >= 0.3 is 0 Å². The molecule has 0 unspecified atom stereocenters. The van der Waals surface area contributed by atoms with Crippen LogP contribution in [0.4, 0.5) is 0 Å². The van der Waals surface area contributed by atoms with Gasteiger partial charge in [-0.3, -0.25) is 4.79 Å². The zero-order chi connectivity index (χ0) is 14.9. The van der Waals surface area contributed by atoms with Crippen LogP contribution in [-0.2, 0) is 14.8 Å². The van der Waals surface area contributed by atoms with Crippen molar-refractivity contribution in [3.8, 4) is 0 Å². The van der Waals surface area contributed by atoms with Gasteiger partial charge in [-0.25, -0.2) is 8.42 Å². The molecule has 1 N–H and O–H groups in total. The third-order valence-corrected chi connectivity index (χ3v) is 5.95. The molecule has 0 spiro atoms. The highest BCUT2D eigenvalue weighted by Crippen LogP contribution is 2.26. The Morgan fingerprint density at radius 1 is 1.10 bits per heavy atom. The lowest BCUT2D eigenvalue weighted by Gasteiger charge is -2.33. The van der Waals surface area contributed by atoms with Gasteiger partial charge in [-0.05, 0) is 37.8 Å². The summed E-state index contributed by atoms with van der Waals surface area (Å²) in [7, 11) is -3.60. The first kappa shape index (κ1) is 14.5. The van der Waals surface area contributed by atoms with Crippen LogP contribution in [0.5, 0.6) is 0 Å². The van der Waals surface area contributed by atoms with Gasteiger partial charge in [-0.2, -0.15) is 4.31 Å². The predicted octanol–water partition coefficient (Wildman–Crippen LogP) is 1.51. The SMILES string of the molecule is O=C(NC1CC1)[C@H]1CCCCN1S(=O)(=O)c1ccccc1. The Kier molecular flexibility index (Phi) is 3.99. The Hall–Kier alpha value is -1.40. The van der Waals surface area contributed by atoms with Crippen LogP contribution in [0.1, 0.15) is 32.1 Å². The molecule has 6 heteroatoms. The second kappa shape index (κ2) is 5.77. The van der Waals surface area contributed by atoms with Crippen LogP contribution < -0.4 is 5.32 Å². The molecule has 1 heterocycles. The van der Waals surface area contributed by atoms with Gasteiger partial charge in [0.1, 0.15) is 6.04 Å². The standard InChI is InChI=1S/C15H20N2O3S/c18-15(16-12-9-10-12)14-8-4-5-11-17(14)21(19,20)13-6-2-1-3-7-13/h1-3,6-7,12,14H,4-5,8-11H2,(H,16,18)/t14-/m1/s1. The highest BCUT2D eigenvalue weighted by atomic mass is 32.2. The molecule has 1 amide bonds. The molecule has 0 bridgehead atoms. The minimum atomic E-state index is -3.60. The summed E-state index contributed by atoms with van der Waals surface area (Å²) in [5, 5.41) is 2.93. The fraction of sp³-hybridized carbons (Fsp3) is 0.533. The number of carbonyl (C=O) groups is 1. The lowest BCUT2D eigenvalue weighted by atomic mass is 10.0. The molecule has 3 rings (SSSR count). The third-order valence-electron chi connectivity index (χ3n) is 4.03. The van der Waals surface area contributed by atoms with Gasteiger partial charge in [0, 0.05) is 12.6 Å². The van der Waals surface area contributed by atoms with Gasteiger partial charge in [0.2, 0.25) is 15.9 Å². The van der Waals surface area contributed by atoms with Crippen LogP contribution in [0.2, 0.25) is 0 Å². The molecule has 1 aliphatic carbocycles. The van der Waals surface area contributed by atoms with E-state index < -0.39 is 16.1 Å². The molecular formula is C15H20N2O3S. The molecule has 5 nitrogen and oxygen atoms in total. The first-order valence-corrected chi connectivity index (χ1v) is 8.90. The fourth-order valence-corrected chi connectivity index (χ4v) is 4.39. The van der Waals surface area contributed by atoms with Crippen molar-refractivity contribution in [1.82, 2.24) is 9.62 Å². The molecule has 2 aliphatic rings. The molecule has 0 radical (unpaired) electrons. The number of rotatable bonds is 4. The van der Waals surface area contributed by atoms with E-state index in [2.05, 4.69) is 5.32 Å². The highest BCUT2D eigenvalue weighted by Gasteiger charge is 2.39. The molecule has 114 valence electrons. The summed E-state index contributed by atoms with van der Waals surface area (Å²) in [5.41, 5.74) is 0. The van der Waals surface area contributed by atoms with Crippen molar-refractivity contribution in [3.05, 3.63) is 30.3 Å². The minimum Gasteiger partial charge on any atom is -0.352 e. The molecule has 1 aromatic rings. The van der Waals surface area contributed by atoms with Gasteiger partial charge in [0.05, 0.1) is 4.90 Å². The van der Waals surface area contributed by atoms with Crippen LogP contribution in [0.3, 0.4) is 0 Å². The van der Waals surface area contributed by atoms with Crippen molar-refractivity contribution < 1.29 is 13.2 Å². The van der Waals surface area contributed by atoms with E-state index in [4.69, 9.17) is 0 Å². The van der Waals surface area contributed by atoms with Gasteiger partial charge in [0.15, 0.2) is 0 Å². The smallest absolute Gasteiger partial charge is 0.243 e. The summed E-state index contributed by atoms with van der Waals surface area (Å²) in [6, 6.07) is 8.04. The first-order chi connectivity index (χ1) is 10.1. The van der Waals surface area contributed by atoms with Crippen molar-refractivity contribution in [2.45, 2.75) is 49.1 Å². The van der Waals surface area contributed by atoms with E-state index in [0.717, 1.165) is 25.7 Å². The Morgan fingerprint density at radius 3 is 2.48 bits per heavy atom. The Bertz CT molecular complexity index is 611. The van der Waals surface area contributed by atoms with Crippen molar-refractivity contribution >= 4 is 15.9 Å². The Morgan fingerprint density at radius 2 is 1.81 bits per heavy atom. The number of piperidine rings is 1. The number of carbonyl (C=O) groups excluding carboxylic acids is 1. The number of amides is 1. The molecule has 21 heavy (non-hydrogen) atoms. The summed E-state index contributed by atoms with van der Waals surface area (Å²) >= 11 is 0. The zero-order valence-corrected chi connectivity index (χ0v) is 12.7. The lowest BCUT2D eigenvalue weighted by Crippen LogP contribution is -2.52. The summed E-state index contributed by atoms with van der Waals surface area (Å²) in [4.78, 5) is 12.6. The summed E-state index contributed by atoms with van der Waals surface area (Å²) in [5.74, 6) is -0.142. The number of sulfonamides is 1. The number of benzene rings is 1. The number of hydrogen-bond acceptors (Lipinski definition) is 3. The van der Waals surface area contributed by atoms with Crippen LogP contribution in [-0.4, -0.2) is 37.3 Å². The quantitative estimate of drug-likeness (QED) is 0.917. The summed E-state index contributed by atoms with van der Waals surface area (Å²) in [6.07, 6.45) is 4.31. The van der Waals surface area contributed by atoms with Gasteiger partial charge < -0.3 is 5.32 Å². The molecule has 1 saturated heterocycles. The molecule has 1 atom stereocenters. The van der Waals surface area contributed by atoms with E-state index in [9.17, 15) is 13.2 Å². The van der Waals surface area contributed by atoms with Crippen molar-refractivity contribution in [2.24, 2.45) is 0 Å². The first-order valence-electron chi connectivity index (χ1n) is 7.46. The van der Waals surface area contributed by atoms with E-state index in [-0.39, 0.29) is 16.8 Å². The van der Waals surface area contributed by atoms with Gasteiger partial charge in [-0.15, -0.1) is 0 Å². The lowest BCUT2D eigenvalue weighted by molar-refractivity contribution is -0.125. The van der Waals surface area contributed by atoms with E-state index in [1.54, 1.807) is 30.3 Å². The Balaban J connectivity index is 1.84. The maximum absolute atomic E-state index is 12.7. The number of hydrogen-bond donors (Lipinski definition) is 1. The molecule has 0 aromatic heterocycles. The van der Waals surface area contributed by atoms with Crippen LogP contribution in [0, 0.1) is 0 Å². The average Bonchev–Trinajstić information content (AvgIpc) is 3.32. The molecule has 2 fully saturated rings. The number of nitrogens with zero attached hydrogens (tertiary/aromatic N) is 1. The van der Waals surface area contributed by atoms with Gasteiger partial charge in [-0.1, -0.05) is 24.6 Å². The summed E-state index contributed by atoms with van der Waals surface area (Å²) < 4.78 is 26.9. The predicted molar refractivity (Wildman–Crippen MR) is 79.1 cm³/mol. The van der Waals surface area contributed by atoms with Crippen molar-refractivity contribution in [1.29, 1.82) is 0 Å². The molecular weight excluding hydrogens is 288 g/mol. The van der Waals surface area contributed by atoms with Crippen molar-refractivity contribution in [2.75, 3.05) is 6.54 Å².